The van der Waals surface area contributed by atoms with Gasteiger partial charge in [0.15, 0.2) is 0 Å². The molecule has 182 valence electrons. The van der Waals surface area contributed by atoms with Gasteiger partial charge in [-0.2, -0.15) is 4.31 Å². The van der Waals surface area contributed by atoms with E-state index in [1.54, 1.807) is 12.1 Å². The lowest BCUT2D eigenvalue weighted by atomic mass is 9.67. The van der Waals surface area contributed by atoms with Crippen molar-refractivity contribution in [3.8, 4) is 0 Å². The van der Waals surface area contributed by atoms with Gasteiger partial charge in [-0.15, -0.1) is 0 Å². The third kappa shape index (κ3) is 5.66. The summed E-state index contributed by atoms with van der Waals surface area (Å²) < 4.78 is 28.4. The number of amides is 2. The van der Waals surface area contributed by atoms with Crippen LogP contribution < -0.4 is 10.6 Å². The van der Waals surface area contributed by atoms with Crippen molar-refractivity contribution < 1.29 is 18.0 Å². The van der Waals surface area contributed by atoms with Crippen LogP contribution >= 0.6 is 0 Å². The molecule has 8 heteroatoms. The van der Waals surface area contributed by atoms with Gasteiger partial charge < -0.3 is 10.6 Å². The van der Waals surface area contributed by atoms with Crippen molar-refractivity contribution >= 4 is 21.8 Å². The Morgan fingerprint density at radius 2 is 1.52 bits per heavy atom. The van der Waals surface area contributed by atoms with Crippen molar-refractivity contribution in [3.63, 3.8) is 0 Å². The normalized spacial score (nSPS) is 21.8. The van der Waals surface area contributed by atoms with Gasteiger partial charge in [0.1, 0.15) is 0 Å². The zero-order valence-electron chi connectivity index (χ0n) is 20.2. The molecular weight excluding hydrogens is 438 g/mol. The van der Waals surface area contributed by atoms with Crippen molar-refractivity contribution in [2.45, 2.75) is 76.8 Å². The summed E-state index contributed by atoms with van der Waals surface area (Å²) in [5.74, 6) is -0.425. The smallest absolute Gasteiger partial charge is 0.251 e. The van der Waals surface area contributed by atoms with E-state index in [1.165, 1.54) is 28.9 Å². The number of rotatable bonds is 6. The van der Waals surface area contributed by atoms with Gasteiger partial charge in [-0.1, -0.05) is 53.5 Å². The number of carbonyl (C=O) groups excluding carboxylic acids is 2. The van der Waals surface area contributed by atoms with Crippen LogP contribution in [0.15, 0.2) is 41.8 Å². The summed E-state index contributed by atoms with van der Waals surface area (Å²) in [6.45, 7) is 11.9. The van der Waals surface area contributed by atoms with Crippen molar-refractivity contribution in [2.75, 3.05) is 13.1 Å². The molecule has 1 aliphatic heterocycles. The van der Waals surface area contributed by atoms with Gasteiger partial charge in [0, 0.05) is 30.7 Å². The highest BCUT2D eigenvalue weighted by atomic mass is 32.2. The van der Waals surface area contributed by atoms with Gasteiger partial charge in [-0.25, -0.2) is 8.42 Å². The minimum atomic E-state index is -3.76. The van der Waals surface area contributed by atoms with Crippen molar-refractivity contribution in [3.05, 3.63) is 42.5 Å². The van der Waals surface area contributed by atoms with E-state index in [0.29, 0.717) is 5.56 Å². The third-order valence-corrected chi connectivity index (χ3v) is 8.70. The highest BCUT2D eigenvalue weighted by Crippen LogP contribution is 2.42. The van der Waals surface area contributed by atoms with Crippen LogP contribution in [-0.4, -0.2) is 49.7 Å². The van der Waals surface area contributed by atoms with E-state index in [-0.39, 0.29) is 41.9 Å². The molecule has 2 N–H and O–H groups in total. The fourth-order valence-corrected chi connectivity index (χ4v) is 7.19. The molecule has 0 bridgehead atoms. The quantitative estimate of drug-likeness (QED) is 0.616. The first-order chi connectivity index (χ1) is 15.4. The molecule has 2 aliphatic rings. The fourth-order valence-electron chi connectivity index (χ4n) is 5.41. The van der Waals surface area contributed by atoms with E-state index < -0.39 is 20.9 Å². The summed E-state index contributed by atoms with van der Waals surface area (Å²) in [5.41, 5.74) is -0.522. The summed E-state index contributed by atoms with van der Waals surface area (Å²) in [5, 5.41) is 6.05. The molecule has 33 heavy (non-hydrogen) atoms. The Bertz CT molecular complexity index is 975. The summed E-state index contributed by atoms with van der Waals surface area (Å²) in [4.78, 5) is 24.7. The van der Waals surface area contributed by atoms with E-state index in [0.717, 1.165) is 25.7 Å². The first-order valence-corrected chi connectivity index (χ1v) is 13.1. The molecule has 1 saturated carbocycles. The average Bonchev–Trinajstić information content (AvgIpc) is 2.76. The van der Waals surface area contributed by atoms with E-state index in [1.807, 2.05) is 27.7 Å². The zero-order chi connectivity index (χ0) is 24.4. The summed E-state index contributed by atoms with van der Waals surface area (Å²) in [7, 11) is -3.76. The second-order valence-electron chi connectivity index (χ2n) is 10.7. The Hall–Kier alpha value is -2.19. The topological polar surface area (TPSA) is 95.6 Å². The number of nitrogens with one attached hydrogen (secondary N) is 2. The fraction of sp³-hybridized carbons (Fsp3) is 0.600. The van der Waals surface area contributed by atoms with Gasteiger partial charge >= 0.3 is 0 Å². The van der Waals surface area contributed by atoms with Gasteiger partial charge in [-0.05, 0) is 54.0 Å². The van der Waals surface area contributed by atoms with Gasteiger partial charge in [0.25, 0.3) is 5.91 Å². The minimum Gasteiger partial charge on any atom is -0.349 e. The molecular formula is C25H37N3O4S. The standard InChI is InChI=1S/C25H37N3O4S/c1-6-21(29)27-23-24(2,3)16-28(17-25(23,4)5)33(31,32)20-14-12-18(13-15-20)22(30)26-19-10-8-7-9-11-19/h6,12-15,19,23H,1,7-11,16-17H2,2-5H3,(H,26,30)(H,27,29). The molecule has 7 nitrogen and oxygen atoms in total. The monoisotopic (exact) mass is 475 g/mol. The van der Waals surface area contributed by atoms with Gasteiger partial charge in [0.2, 0.25) is 15.9 Å². The molecule has 1 saturated heterocycles. The van der Waals surface area contributed by atoms with E-state index >= 15 is 0 Å². The molecule has 3 rings (SSSR count). The molecule has 0 spiro atoms. The molecule has 1 aromatic carbocycles. The lowest BCUT2D eigenvalue weighted by molar-refractivity contribution is -0.120. The van der Waals surface area contributed by atoms with E-state index in [4.69, 9.17) is 0 Å². The highest BCUT2D eigenvalue weighted by Gasteiger charge is 2.50. The summed E-state index contributed by atoms with van der Waals surface area (Å²) >= 11 is 0. The number of carbonyl (C=O) groups is 2. The predicted octanol–water partition coefficient (Wildman–Crippen LogP) is 3.48. The molecule has 1 aromatic rings. The largest absolute Gasteiger partial charge is 0.349 e. The maximum absolute atomic E-state index is 13.5. The maximum atomic E-state index is 13.5. The number of hydrogen-bond donors (Lipinski definition) is 2. The molecule has 0 unspecified atom stereocenters. The van der Waals surface area contributed by atoms with Crippen LogP contribution in [0.25, 0.3) is 0 Å². The second-order valence-corrected chi connectivity index (χ2v) is 12.7. The van der Waals surface area contributed by atoms with Crippen LogP contribution in [0.5, 0.6) is 0 Å². The minimum absolute atomic E-state index is 0.160. The van der Waals surface area contributed by atoms with Crippen LogP contribution in [0.4, 0.5) is 0 Å². The zero-order valence-corrected chi connectivity index (χ0v) is 21.0. The van der Waals surface area contributed by atoms with E-state index in [2.05, 4.69) is 17.2 Å². The van der Waals surface area contributed by atoms with Gasteiger partial charge in [-0.3, -0.25) is 9.59 Å². The van der Waals surface area contributed by atoms with Gasteiger partial charge in [0.05, 0.1) is 4.90 Å². The highest BCUT2D eigenvalue weighted by molar-refractivity contribution is 7.89. The summed E-state index contributed by atoms with van der Waals surface area (Å²) in [6, 6.07) is 6.17. The van der Waals surface area contributed by atoms with E-state index in [9.17, 15) is 18.0 Å². The average molecular weight is 476 g/mol. The maximum Gasteiger partial charge on any atom is 0.251 e. The van der Waals surface area contributed by atoms with Crippen LogP contribution in [-0.2, 0) is 14.8 Å². The summed E-state index contributed by atoms with van der Waals surface area (Å²) in [6.07, 6.45) is 6.69. The molecule has 2 amide bonds. The van der Waals surface area contributed by atoms with Crippen molar-refractivity contribution in [1.82, 2.24) is 14.9 Å². The third-order valence-electron chi connectivity index (χ3n) is 6.90. The number of sulfonamides is 1. The molecule has 1 heterocycles. The molecule has 0 atom stereocenters. The van der Waals surface area contributed by atoms with Crippen molar-refractivity contribution in [1.29, 1.82) is 0 Å². The number of benzene rings is 1. The Morgan fingerprint density at radius 3 is 2.03 bits per heavy atom. The van der Waals surface area contributed by atoms with Crippen LogP contribution in [0.3, 0.4) is 0 Å². The Balaban J connectivity index is 1.76. The Labute approximate surface area is 198 Å². The molecule has 0 aromatic heterocycles. The Morgan fingerprint density at radius 1 is 0.970 bits per heavy atom. The number of nitrogens with zero attached hydrogens (tertiary/aromatic N) is 1. The van der Waals surface area contributed by atoms with Crippen LogP contribution in [0, 0.1) is 10.8 Å². The SMILES string of the molecule is C=CC(=O)NC1C(C)(C)CN(S(=O)(=O)c2ccc(C(=O)NC3CCCCC3)cc2)CC1(C)C. The van der Waals surface area contributed by atoms with Crippen LogP contribution in [0.1, 0.15) is 70.2 Å². The number of piperidine rings is 1. The van der Waals surface area contributed by atoms with Crippen LogP contribution in [0.2, 0.25) is 0 Å². The molecule has 2 fully saturated rings. The molecule has 1 aliphatic carbocycles. The second kappa shape index (κ2) is 9.58. The first kappa shape index (κ1) is 25.4. The lowest BCUT2D eigenvalue weighted by Gasteiger charge is -2.52. The number of hydrogen-bond acceptors (Lipinski definition) is 4. The predicted molar refractivity (Wildman–Crippen MR) is 129 cm³/mol. The first-order valence-electron chi connectivity index (χ1n) is 11.7. The molecule has 0 radical (unpaired) electrons. The van der Waals surface area contributed by atoms with Crippen molar-refractivity contribution in [2.24, 2.45) is 10.8 Å². The Kier molecular flexibility index (Phi) is 7.39. The lowest BCUT2D eigenvalue weighted by Crippen LogP contribution is -2.64.